The molecule has 1 aliphatic rings. The lowest BCUT2D eigenvalue weighted by Crippen LogP contribution is -2.03. The molecular formula is C16H26. The third kappa shape index (κ3) is 2.19. The standard InChI is InChI=1S/C16H26/c1-6-8-9-10-11-13-16(5)14(3)15(16,4)12-7-2/h2,11,13-14H,6,8-10,12H2,1,3-5H3. The first-order valence-corrected chi connectivity index (χ1v) is 6.64. The van der Waals surface area contributed by atoms with E-state index in [9.17, 15) is 0 Å². The van der Waals surface area contributed by atoms with Gasteiger partial charge in [0, 0.05) is 6.42 Å². The quantitative estimate of drug-likeness (QED) is 0.341. The predicted octanol–water partition coefficient (Wildman–Crippen LogP) is 4.81. The van der Waals surface area contributed by atoms with Crippen molar-refractivity contribution in [2.75, 3.05) is 0 Å². The summed E-state index contributed by atoms with van der Waals surface area (Å²) in [7, 11) is 0. The van der Waals surface area contributed by atoms with Crippen molar-refractivity contribution >= 4 is 0 Å². The molecule has 1 saturated carbocycles. The van der Waals surface area contributed by atoms with Crippen molar-refractivity contribution in [3.63, 3.8) is 0 Å². The van der Waals surface area contributed by atoms with Gasteiger partial charge < -0.3 is 0 Å². The molecule has 3 atom stereocenters. The molecule has 90 valence electrons. The summed E-state index contributed by atoms with van der Waals surface area (Å²) in [6, 6.07) is 0. The first-order valence-electron chi connectivity index (χ1n) is 6.64. The third-order valence-electron chi connectivity index (χ3n) is 4.91. The number of unbranched alkanes of at least 4 members (excludes halogenated alkanes) is 3. The van der Waals surface area contributed by atoms with Crippen LogP contribution >= 0.6 is 0 Å². The van der Waals surface area contributed by atoms with E-state index in [1.165, 1.54) is 25.7 Å². The normalized spacial score (nSPS) is 37.6. The SMILES string of the molecule is C#CCC1(C)C(C)C1(C)C=CCCCCC. The predicted molar refractivity (Wildman–Crippen MR) is 72.1 cm³/mol. The zero-order valence-corrected chi connectivity index (χ0v) is 11.3. The minimum atomic E-state index is 0.336. The third-order valence-corrected chi connectivity index (χ3v) is 4.91. The van der Waals surface area contributed by atoms with E-state index in [4.69, 9.17) is 6.42 Å². The van der Waals surface area contributed by atoms with Crippen molar-refractivity contribution in [2.24, 2.45) is 16.7 Å². The molecular weight excluding hydrogens is 192 g/mol. The molecule has 0 aromatic carbocycles. The molecule has 3 unspecified atom stereocenters. The average Bonchev–Trinajstić information content (AvgIpc) is 2.65. The second-order valence-corrected chi connectivity index (χ2v) is 5.70. The monoisotopic (exact) mass is 218 g/mol. The molecule has 0 radical (unpaired) electrons. The molecule has 0 aromatic rings. The van der Waals surface area contributed by atoms with Crippen LogP contribution in [0.25, 0.3) is 0 Å². The summed E-state index contributed by atoms with van der Waals surface area (Å²) in [5.74, 6) is 3.55. The summed E-state index contributed by atoms with van der Waals surface area (Å²) in [4.78, 5) is 0. The van der Waals surface area contributed by atoms with Gasteiger partial charge in [0.25, 0.3) is 0 Å². The lowest BCUT2D eigenvalue weighted by atomic mass is 9.92. The Morgan fingerprint density at radius 2 is 2.00 bits per heavy atom. The van der Waals surface area contributed by atoms with Crippen molar-refractivity contribution in [1.82, 2.24) is 0 Å². The van der Waals surface area contributed by atoms with Gasteiger partial charge in [0.2, 0.25) is 0 Å². The molecule has 1 aliphatic carbocycles. The zero-order chi connectivity index (χ0) is 12.2. The van der Waals surface area contributed by atoms with Crippen molar-refractivity contribution in [1.29, 1.82) is 0 Å². The van der Waals surface area contributed by atoms with Gasteiger partial charge >= 0.3 is 0 Å². The van der Waals surface area contributed by atoms with Crippen LogP contribution in [0.2, 0.25) is 0 Å². The van der Waals surface area contributed by atoms with Crippen molar-refractivity contribution in [3.8, 4) is 12.3 Å². The van der Waals surface area contributed by atoms with Crippen LogP contribution in [0.1, 0.15) is 59.8 Å². The number of hydrogen-bond donors (Lipinski definition) is 0. The highest BCUT2D eigenvalue weighted by Gasteiger charge is 2.65. The van der Waals surface area contributed by atoms with Crippen LogP contribution in [0.15, 0.2) is 12.2 Å². The Hall–Kier alpha value is -0.700. The maximum atomic E-state index is 5.46. The highest BCUT2D eigenvalue weighted by Crippen LogP contribution is 2.71. The van der Waals surface area contributed by atoms with Crippen LogP contribution in [-0.4, -0.2) is 0 Å². The molecule has 1 rings (SSSR count). The maximum absolute atomic E-state index is 5.46. The summed E-state index contributed by atoms with van der Waals surface area (Å²) >= 11 is 0. The molecule has 0 heterocycles. The molecule has 0 nitrogen and oxygen atoms in total. The summed E-state index contributed by atoms with van der Waals surface area (Å²) in [5.41, 5.74) is 0.675. The van der Waals surface area contributed by atoms with E-state index in [2.05, 4.69) is 45.8 Å². The van der Waals surface area contributed by atoms with E-state index in [1.54, 1.807) is 0 Å². The number of terminal acetylenes is 1. The van der Waals surface area contributed by atoms with E-state index < -0.39 is 0 Å². The van der Waals surface area contributed by atoms with Gasteiger partial charge in [-0.2, -0.15) is 0 Å². The van der Waals surface area contributed by atoms with Crippen LogP contribution in [0.4, 0.5) is 0 Å². The Bertz CT molecular complexity index is 294. The minimum Gasteiger partial charge on any atom is -0.120 e. The molecule has 0 bridgehead atoms. The highest BCUT2D eigenvalue weighted by molar-refractivity contribution is 5.26. The molecule has 0 spiro atoms. The molecule has 0 aliphatic heterocycles. The molecule has 16 heavy (non-hydrogen) atoms. The van der Waals surface area contributed by atoms with Gasteiger partial charge in [-0.15, -0.1) is 12.3 Å². The Kier molecular flexibility index (Phi) is 4.25. The summed E-state index contributed by atoms with van der Waals surface area (Å²) in [5, 5.41) is 0. The first kappa shape index (κ1) is 13.4. The van der Waals surface area contributed by atoms with Gasteiger partial charge in [-0.1, -0.05) is 52.7 Å². The number of rotatable bonds is 6. The van der Waals surface area contributed by atoms with Crippen molar-refractivity contribution in [2.45, 2.75) is 59.8 Å². The molecule has 0 N–H and O–H groups in total. The number of hydrogen-bond acceptors (Lipinski definition) is 0. The van der Waals surface area contributed by atoms with Crippen LogP contribution in [-0.2, 0) is 0 Å². The number of allylic oxidation sites excluding steroid dienone is 2. The minimum absolute atomic E-state index is 0.336. The van der Waals surface area contributed by atoms with Gasteiger partial charge in [0.15, 0.2) is 0 Å². The molecule has 1 fully saturated rings. The Labute approximate surface area is 102 Å². The lowest BCUT2D eigenvalue weighted by Gasteiger charge is -2.11. The van der Waals surface area contributed by atoms with Gasteiger partial charge in [0.05, 0.1) is 0 Å². The highest BCUT2D eigenvalue weighted by atomic mass is 14.7. The summed E-state index contributed by atoms with van der Waals surface area (Å²) in [6.07, 6.45) is 16.3. The Balaban J connectivity index is 2.46. The topological polar surface area (TPSA) is 0 Å². The summed E-state index contributed by atoms with van der Waals surface area (Å²) < 4.78 is 0. The van der Waals surface area contributed by atoms with E-state index >= 15 is 0 Å². The van der Waals surface area contributed by atoms with E-state index in [1.807, 2.05) is 0 Å². The molecule has 0 aromatic heterocycles. The Morgan fingerprint density at radius 1 is 1.31 bits per heavy atom. The second-order valence-electron chi connectivity index (χ2n) is 5.70. The van der Waals surface area contributed by atoms with E-state index in [-0.39, 0.29) is 0 Å². The fourth-order valence-corrected chi connectivity index (χ4v) is 2.91. The maximum Gasteiger partial charge on any atom is 0.0151 e. The van der Waals surface area contributed by atoms with E-state index in [0.717, 1.165) is 12.3 Å². The van der Waals surface area contributed by atoms with E-state index in [0.29, 0.717) is 10.8 Å². The smallest absolute Gasteiger partial charge is 0.0151 e. The van der Waals surface area contributed by atoms with Crippen LogP contribution < -0.4 is 0 Å². The van der Waals surface area contributed by atoms with Crippen LogP contribution in [0.5, 0.6) is 0 Å². The van der Waals surface area contributed by atoms with Gasteiger partial charge in [-0.25, -0.2) is 0 Å². The van der Waals surface area contributed by atoms with Crippen LogP contribution in [0.3, 0.4) is 0 Å². The van der Waals surface area contributed by atoms with Gasteiger partial charge in [-0.05, 0) is 29.6 Å². The summed E-state index contributed by atoms with van der Waals surface area (Å²) in [6.45, 7) is 9.25. The Morgan fingerprint density at radius 3 is 2.56 bits per heavy atom. The fraction of sp³-hybridized carbons (Fsp3) is 0.750. The van der Waals surface area contributed by atoms with Gasteiger partial charge in [0.1, 0.15) is 0 Å². The average molecular weight is 218 g/mol. The first-order chi connectivity index (χ1) is 7.53. The zero-order valence-electron chi connectivity index (χ0n) is 11.3. The molecule has 0 amide bonds. The molecule has 0 saturated heterocycles. The second kappa shape index (κ2) is 5.09. The van der Waals surface area contributed by atoms with Crippen LogP contribution in [0, 0.1) is 29.1 Å². The molecule has 0 heteroatoms. The van der Waals surface area contributed by atoms with Crippen molar-refractivity contribution < 1.29 is 0 Å². The largest absolute Gasteiger partial charge is 0.120 e. The lowest BCUT2D eigenvalue weighted by molar-refractivity contribution is 0.462. The fourth-order valence-electron chi connectivity index (χ4n) is 2.91. The van der Waals surface area contributed by atoms with Crippen molar-refractivity contribution in [3.05, 3.63) is 12.2 Å². The van der Waals surface area contributed by atoms with Gasteiger partial charge in [-0.3, -0.25) is 0 Å².